The Labute approximate surface area is 129 Å². The van der Waals surface area contributed by atoms with Crippen molar-refractivity contribution in [3.63, 3.8) is 0 Å². The van der Waals surface area contributed by atoms with Crippen molar-refractivity contribution < 1.29 is 4.74 Å². The van der Waals surface area contributed by atoms with Crippen LogP contribution in [0.25, 0.3) is 0 Å². The van der Waals surface area contributed by atoms with Crippen molar-refractivity contribution in [2.45, 2.75) is 38.8 Å². The van der Waals surface area contributed by atoms with Gasteiger partial charge in [0.15, 0.2) is 0 Å². The molecule has 5 nitrogen and oxygen atoms in total. The van der Waals surface area contributed by atoms with Gasteiger partial charge in [-0.25, -0.2) is 9.98 Å². The summed E-state index contributed by atoms with van der Waals surface area (Å²) in [6.07, 6.45) is -0.508. The molecule has 1 aromatic rings. The van der Waals surface area contributed by atoms with Crippen LogP contribution in [-0.2, 0) is 4.74 Å². The maximum absolute atomic E-state index is 9.46. The summed E-state index contributed by atoms with van der Waals surface area (Å²) >= 11 is 0. The van der Waals surface area contributed by atoms with Gasteiger partial charge >= 0.3 is 0 Å². The van der Waals surface area contributed by atoms with Gasteiger partial charge in [-0.1, -0.05) is 38.1 Å². The monoisotopic (exact) mass is 294 g/mol. The molecule has 5 heteroatoms. The van der Waals surface area contributed by atoms with Crippen LogP contribution >= 0.6 is 0 Å². The molecule has 112 valence electrons. The molecule has 2 N–H and O–H groups in total. The number of amidine groups is 1. The molecule has 0 fully saturated rings. The fourth-order valence-corrected chi connectivity index (χ4v) is 2.80. The number of hydrogen-bond acceptors (Lipinski definition) is 5. The molecule has 0 aromatic heterocycles. The summed E-state index contributed by atoms with van der Waals surface area (Å²) in [6.45, 7) is 6.11. The van der Waals surface area contributed by atoms with Gasteiger partial charge in [-0.3, -0.25) is 0 Å². The van der Waals surface area contributed by atoms with Gasteiger partial charge in [0.05, 0.1) is 11.6 Å². The number of nitrogens with zero attached hydrogens (tertiary/aromatic N) is 3. The zero-order valence-corrected chi connectivity index (χ0v) is 12.9. The van der Waals surface area contributed by atoms with Crippen LogP contribution in [0.5, 0.6) is 0 Å². The van der Waals surface area contributed by atoms with Crippen LogP contribution in [0.4, 0.5) is 0 Å². The van der Waals surface area contributed by atoms with Crippen LogP contribution in [0.15, 0.2) is 45.7 Å². The lowest BCUT2D eigenvalue weighted by molar-refractivity contribution is 0.163. The number of aliphatic imine (C=N–C) groups is 2. The molecule has 0 spiro atoms. The Hall–Kier alpha value is -2.61. The van der Waals surface area contributed by atoms with Crippen LogP contribution in [0, 0.1) is 11.3 Å². The highest BCUT2D eigenvalue weighted by Crippen LogP contribution is 2.36. The summed E-state index contributed by atoms with van der Waals surface area (Å²) in [5, 5.41) is 9.46. The molecule has 0 bridgehead atoms. The molecule has 0 saturated carbocycles. The van der Waals surface area contributed by atoms with Gasteiger partial charge in [-0.15, -0.1) is 0 Å². The first kappa shape index (κ1) is 14.3. The zero-order valence-electron chi connectivity index (χ0n) is 12.9. The molecule has 22 heavy (non-hydrogen) atoms. The van der Waals surface area contributed by atoms with Crippen molar-refractivity contribution in [2.75, 3.05) is 0 Å². The molecule has 2 aliphatic rings. The topological polar surface area (TPSA) is 83.8 Å². The Kier molecular flexibility index (Phi) is 3.45. The second-order valence-electron chi connectivity index (χ2n) is 5.83. The summed E-state index contributed by atoms with van der Waals surface area (Å²) in [4.78, 5) is 8.78. The normalized spacial score (nSPS) is 23.6. The van der Waals surface area contributed by atoms with E-state index in [2.05, 4.69) is 42.0 Å². The molecule has 2 heterocycles. The third kappa shape index (κ3) is 2.27. The van der Waals surface area contributed by atoms with E-state index in [9.17, 15) is 5.26 Å². The second-order valence-corrected chi connectivity index (χ2v) is 5.83. The lowest BCUT2D eigenvalue weighted by atomic mass is 9.84. The predicted molar refractivity (Wildman–Crippen MR) is 85.5 cm³/mol. The highest BCUT2D eigenvalue weighted by atomic mass is 16.5. The molecular weight excluding hydrogens is 276 g/mol. The van der Waals surface area contributed by atoms with E-state index in [-0.39, 0.29) is 11.8 Å². The minimum absolute atomic E-state index is 0.142. The first-order chi connectivity index (χ1) is 10.5. The van der Waals surface area contributed by atoms with E-state index in [1.165, 1.54) is 5.56 Å². The Morgan fingerprint density at radius 2 is 1.95 bits per heavy atom. The lowest BCUT2D eigenvalue weighted by Gasteiger charge is -2.28. The van der Waals surface area contributed by atoms with E-state index in [1.807, 2.05) is 19.1 Å². The van der Waals surface area contributed by atoms with Gasteiger partial charge in [0.1, 0.15) is 17.5 Å². The van der Waals surface area contributed by atoms with E-state index in [1.54, 1.807) is 0 Å². The Morgan fingerprint density at radius 3 is 2.55 bits per heavy atom. The van der Waals surface area contributed by atoms with E-state index in [4.69, 9.17) is 10.5 Å². The lowest BCUT2D eigenvalue weighted by Crippen LogP contribution is -2.34. The molecule has 0 aliphatic carbocycles. The highest BCUT2D eigenvalue weighted by molar-refractivity contribution is 6.09. The Balaban J connectivity index is 2.07. The Morgan fingerprint density at radius 1 is 1.27 bits per heavy atom. The third-order valence-electron chi connectivity index (χ3n) is 3.99. The molecule has 3 rings (SSSR count). The second kappa shape index (κ2) is 5.30. The van der Waals surface area contributed by atoms with Gasteiger partial charge in [-0.05, 0) is 24.0 Å². The largest absolute Gasteiger partial charge is 0.447 e. The van der Waals surface area contributed by atoms with Gasteiger partial charge in [0, 0.05) is 0 Å². The minimum Gasteiger partial charge on any atom is -0.447 e. The molecule has 0 saturated heterocycles. The fourth-order valence-electron chi connectivity index (χ4n) is 2.80. The number of nitrogens with two attached hydrogens (primary N) is 1. The number of rotatable bonds is 2. The van der Waals surface area contributed by atoms with Crippen molar-refractivity contribution in [3.05, 3.63) is 46.8 Å². The standard InChI is InChI=1S/C17H18N4O/c1-9(2)11-4-6-12(7-5-11)14-13(8-18)16(19)22-17-15(14)20-10(3)21-17/h4-7,9,14,17H,19H2,1-3H3. The number of benzene rings is 1. The van der Waals surface area contributed by atoms with Gasteiger partial charge < -0.3 is 10.5 Å². The smallest absolute Gasteiger partial charge is 0.233 e. The number of nitriles is 1. The first-order valence-corrected chi connectivity index (χ1v) is 7.30. The molecule has 0 amide bonds. The first-order valence-electron chi connectivity index (χ1n) is 7.30. The van der Waals surface area contributed by atoms with Crippen LogP contribution in [0.1, 0.15) is 43.7 Å². The minimum atomic E-state index is -0.508. The number of ether oxygens (including phenoxy) is 1. The summed E-state index contributed by atoms with van der Waals surface area (Å²) in [7, 11) is 0. The van der Waals surface area contributed by atoms with Gasteiger partial charge in [0.25, 0.3) is 0 Å². The average Bonchev–Trinajstić information content (AvgIpc) is 2.85. The van der Waals surface area contributed by atoms with E-state index >= 15 is 0 Å². The van der Waals surface area contributed by atoms with Crippen LogP contribution in [0.3, 0.4) is 0 Å². The molecule has 0 radical (unpaired) electrons. The molecule has 1 aromatic carbocycles. The van der Waals surface area contributed by atoms with E-state index in [0.29, 0.717) is 17.3 Å². The van der Waals surface area contributed by atoms with Crippen molar-refractivity contribution in [2.24, 2.45) is 15.7 Å². The predicted octanol–water partition coefficient (Wildman–Crippen LogP) is 2.82. The highest BCUT2D eigenvalue weighted by Gasteiger charge is 2.39. The number of fused-ring (bicyclic) bond motifs is 1. The van der Waals surface area contributed by atoms with Gasteiger partial charge in [-0.2, -0.15) is 5.26 Å². The molecule has 2 unspecified atom stereocenters. The van der Waals surface area contributed by atoms with E-state index in [0.717, 1.165) is 11.3 Å². The third-order valence-corrected chi connectivity index (χ3v) is 3.99. The molecule has 2 aliphatic heterocycles. The summed E-state index contributed by atoms with van der Waals surface area (Å²) in [5.74, 6) is 0.965. The number of allylic oxidation sites excluding steroid dienone is 1. The fraction of sp³-hybridized carbons (Fsp3) is 0.353. The SMILES string of the molecule is CC1=NC2OC(N)=C(C#N)C(c3ccc(C(C)C)cc3)C2=N1. The Bertz CT molecular complexity index is 735. The maximum atomic E-state index is 9.46. The van der Waals surface area contributed by atoms with Crippen LogP contribution in [-0.4, -0.2) is 17.8 Å². The van der Waals surface area contributed by atoms with Crippen molar-refractivity contribution in [3.8, 4) is 6.07 Å². The average molecular weight is 294 g/mol. The van der Waals surface area contributed by atoms with Gasteiger partial charge in [0.2, 0.25) is 12.1 Å². The summed E-state index contributed by atoms with van der Waals surface area (Å²) < 4.78 is 5.51. The summed E-state index contributed by atoms with van der Waals surface area (Å²) in [5.41, 5.74) is 9.28. The quantitative estimate of drug-likeness (QED) is 0.910. The zero-order chi connectivity index (χ0) is 15.9. The van der Waals surface area contributed by atoms with E-state index < -0.39 is 6.23 Å². The van der Waals surface area contributed by atoms with Crippen LogP contribution in [0.2, 0.25) is 0 Å². The summed E-state index contributed by atoms with van der Waals surface area (Å²) in [6, 6.07) is 10.4. The maximum Gasteiger partial charge on any atom is 0.233 e. The van der Waals surface area contributed by atoms with Crippen LogP contribution < -0.4 is 5.73 Å². The van der Waals surface area contributed by atoms with Crippen molar-refractivity contribution in [1.29, 1.82) is 5.26 Å². The van der Waals surface area contributed by atoms with Crippen molar-refractivity contribution >= 4 is 11.5 Å². The number of hydrogen-bond donors (Lipinski definition) is 1. The molecule has 2 atom stereocenters. The van der Waals surface area contributed by atoms with Crippen molar-refractivity contribution in [1.82, 2.24) is 0 Å². The molecular formula is C17H18N4O.